The molecule has 1 aliphatic carbocycles. The summed E-state index contributed by atoms with van der Waals surface area (Å²) in [5.41, 5.74) is 0.837. The van der Waals surface area contributed by atoms with Gasteiger partial charge in [0.05, 0.1) is 10.5 Å². The third-order valence-corrected chi connectivity index (χ3v) is 4.28. The zero-order chi connectivity index (χ0) is 14.0. The first kappa shape index (κ1) is 14.3. The predicted molar refractivity (Wildman–Crippen MR) is 77.4 cm³/mol. The average Bonchev–Trinajstić information content (AvgIpc) is 2.77. The molecule has 1 saturated carbocycles. The lowest BCUT2D eigenvalue weighted by Gasteiger charge is -2.23. The molecule has 0 amide bonds. The zero-order valence-electron chi connectivity index (χ0n) is 10.8. The van der Waals surface area contributed by atoms with Gasteiger partial charge >= 0.3 is 0 Å². The van der Waals surface area contributed by atoms with Crippen molar-refractivity contribution in [2.24, 2.45) is 0 Å². The fourth-order valence-corrected chi connectivity index (χ4v) is 2.94. The van der Waals surface area contributed by atoms with Gasteiger partial charge in [0.15, 0.2) is 0 Å². The van der Waals surface area contributed by atoms with Crippen LogP contribution in [0.5, 0.6) is 0 Å². The number of hydrogen-bond donors (Lipinski definition) is 2. The van der Waals surface area contributed by atoms with Crippen LogP contribution in [0, 0.1) is 17.0 Å². The summed E-state index contributed by atoms with van der Waals surface area (Å²) < 4.78 is 0.645. The number of benzene rings is 1. The van der Waals surface area contributed by atoms with Crippen LogP contribution in [0.25, 0.3) is 0 Å². The van der Waals surface area contributed by atoms with Gasteiger partial charge in [0.2, 0.25) is 0 Å². The van der Waals surface area contributed by atoms with Crippen molar-refractivity contribution < 1.29 is 10.0 Å². The molecule has 0 spiro atoms. The number of nitro groups is 1. The minimum atomic E-state index is -0.644. The molecule has 0 bridgehead atoms. The highest BCUT2D eigenvalue weighted by atomic mass is 79.9. The molecule has 0 unspecified atom stereocenters. The first-order chi connectivity index (χ1) is 8.91. The minimum Gasteiger partial charge on any atom is -0.388 e. The summed E-state index contributed by atoms with van der Waals surface area (Å²) in [7, 11) is 0. The smallest absolute Gasteiger partial charge is 0.273 e. The Kier molecular flexibility index (Phi) is 4.10. The second-order valence-corrected chi connectivity index (χ2v) is 6.01. The van der Waals surface area contributed by atoms with Gasteiger partial charge in [-0.05, 0) is 41.8 Å². The molecule has 104 valence electrons. The Labute approximate surface area is 120 Å². The fraction of sp³-hybridized carbons (Fsp3) is 0.538. The average molecular weight is 329 g/mol. The Balaban J connectivity index is 2.13. The van der Waals surface area contributed by atoms with Crippen LogP contribution in [0.2, 0.25) is 0 Å². The number of aliphatic hydroxyl groups is 1. The Morgan fingerprint density at radius 2 is 2.11 bits per heavy atom. The van der Waals surface area contributed by atoms with Crippen molar-refractivity contribution in [1.29, 1.82) is 0 Å². The molecule has 1 fully saturated rings. The Hall–Kier alpha value is -1.14. The number of hydrogen-bond acceptors (Lipinski definition) is 4. The molecule has 5 nitrogen and oxygen atoms in total. The van der Waals surface area contributed by atoms with E-state index in [-0.39, 0.29) is 5.69 Å². The second kappa shape index (κ2) is 5.46. The molecule has 0 atom stereocenters. The normalized spacial score (nSPS) is 17.4. The SMILES string of the molecule is Cc1cc(NCC2(O)CCCC2)c(Br)cc1[N+](=O)[O-]. The van der Waals surface area contributed by atoms with E-state index in [4.69, 9.17) is 0 Å². The van der Waals surface area contributed by atoms with Gasteiger partial charge in [0, 0.05) is 28.3 Å². The van der Waals surface area contributed by atoms with Gasteiger partial charge in [-0.2, -0.15) is 0 Å². The van der Waals surface area contributed by atoms with Crippen LogP contribution in [0.3, 0.4) is 0 Å². The molecule has 1 aromatic rings. The largest absolute Gasteiger partial charge is 0.388 e. The summed E-state index contributed by atoms with van der Waals surface area (Å²) in [6.45, 7) is 2.18. The van der Waals surface area contributed by atoms with Crippen LogP contribution in [-0.4, -0.2) is 22.2 Å². The molecule has 1 aliphatic rings. The molecule has 6 heteroatoms. The van der Waals surface area contributed by atoms with Crippen molar-refractivity contribution in [3.05, 3.63) is 32.3 Å². The van der Waals surface area contributed by atoms with E-state index in [0.717, 1.165) is 31.4 Å². The minimum absolute atomic E-state index is 0.0944. The molecular formula is C13H17BrN2O3. The van der Waals surface area contributed by atoms with Gasteiger partial charge in [0.25, 0.3) is 5.69 Å². The number of halogens is 1. The third-order valence-electron chi connectivity index (χ3n) is 3.62. The van der Waals surface area contributed by atoms with E-state index in [1.54, 1.807) is 13.0 Å². The molecule has 1 aromatic carbocycles. The number of nitrogens with zero attached hydrogens (tertiary/aromatic N) is 1. The summed E-state index contributed by atoms with van der Waals surface area (Å²) in [6, 6.07) is 3.23. The van der Waals surface area contributed by atoms with E-state index in [2.05, 4.69) is 21.2 Å². The maximum Gasteiger partial charge on any atom is 0.273 e. The maximum absolute atomic E-state index is 10.8. The van der Waals surface area contributed by atoms with Crippen LogP contribution < -0.4 is 5.32 Å². The zero-order valence-corrected chi connectivity index (χ0v) is 12.4. The predicted octanol–water partition coefficient (Wildman–Crippen LogP) is 3.38. The second-order valence-electron chi connectivity index (χ2n) is 5.16. The highest BCUT2D eigenvalue weighted by Crippen LogP contribution is 2.33. The lowest BCUT2D eigenvalue weighted by Crippen LogP contribution is -2.33. The van der Waals surface area contributed by atoms with Gasteiger partial charge < -0.3 is 10.4 Å². The van der Waals surface area contributed by atoms with Crippen LogP contribution in [-0.2, 0) is 0 Å². The third kappa shape index (κ3) is 3.25. The summed E-state index contributed by atoms with van der Waals surface area (Å²) >= 11 is 3.33. The van der Waals surface area contributed by atoms with Crippen molar-refractivity contribution in [2.45, 2.75) is 38.2 Å². The van der Waals surface area contributed by atoms with E-state index in [0.29, 0.717) is 16.6 Å². The van der Waals surface area contributed by atoms with Gasteiger partial charge in [-0.1, -0.05) is 12.8 Å². The number of anilines is 1. The first-order valence-electron chi connectivity index (χ1n) is 6.32. The molecule has 2 rings (SSSR count). The van der Waals surface area contributed by atoms with Crippen molar-refractivity contribution in [2.75, 3.05) is 11.9 Å². The lowest BCUT2D eigenvalue weighted by molar-refractivity contribution is -0.385. The van der Waals surface area contributed by atoms with E-state index in [9.17, 15) is 15.2 Å². The van der Waals surface area contributed by atoms with Crippen molar-refractivity contribution in [1.82, 2.24) is 0 Å². The van der Waals surface area contributed by atoms with Gasteiger partial charge in [-0.3, -0.25) is 10.1 Å². The highest BCUT2D eigenvalue weighted by Gasteiger charge is 2.30. The van der Waals surface area contributed by atoms with Gasteiger partial charge in [0.1, 0.15) is 0 Å². The molecule has 0 radical (unpaired) electrons. The number of nitro benzene ring substituents is 1. The summed E-state index contributed by atoms with van der Waals surface area (Å²) in [5, 5.41) is 24.3. The molecule has 19 heavy (non-hydrogen) atoms. The van der Waals surface area contributed by atoms with Crippen molar-refractivity contribution >= 4 is 27.3 Å². The molecule has 0 saturated heterocycles. The van der Waals surface area contributed by atoms with E-state index in [1.807, 2.05) is 0 Å². The number of rotatable bonds is 4. The van der Waals surface area contributed by atoms with Crippen molar-refractivity contribution in [3.8, 4) is 0 Å². The van der Waals surface area contributed by atoms with Gasteiger partial charge in [-0.15, -0.1) is 0 Å². The summed E-state index contributed by atoms with van der Waals surface area (Å²) in [6.07, 6.45) is 3.73. The topological polar surface area (TPSA) is 75.4 Å². The van der Waals surface area contributed by atoms with Gasteiger partial charge in [-0.25, -0.2) is 0 Å². The number of aryl methyl sites for hydroxylation is 1. The van der Waals surface area contributed by atoms with Crippen LogP contribution in [0.4, 0.5) is 11.4 Å². The van der Waals surface area contributed by atoms with Crippen LogP contribution >= 0.6 is 15.9 Å². The molecule has 0 aromatic heterocycles. The highest BCUT2D eigenvalue weighted by molar-refractivity contribution is 9.10. The van der Waals surface area contributed by atoms with Crippen molar-refractivity contribution in [3.63, 3.8) is 0 Å². The molecular weight excluding hydrogens is 312 g/mol. The monoisotopic (exact) mass is 328 g/mol. The fourth-order valence-electron chi connectivity index (χ4n) is 2.47. The molecule has 0 aliphatic heterocycles. The molecule has 2 N–H and O–H groups in total. The number of nitrogens with one attached hydrogen (secondary N) is 1. The Morgan fingerprint density at radius 3 is 2.68 bits per heavy atom. The van der Waals surface area contributed by atoms with E-state index < -0.39 is 10.5 Å². The molecule has 0 heterocycles. The first-order valence-corrected chi connectivity index (χ1v) is 7.11. The Bertz CT molecular complexity index is 499. The lowest BCUT2D eigenvalue weighted by atomic mass is 10.0. The quantitative estimate of drug-likeness (QED) is 0.656. The summed E-state index contributed by atoms with van der Waals surface area (Å²) in [4.78, 5) is 10.4. The van der Waals surface area contributed by atoms with E-state index in [1.165, 1.54) is 6.07 Å². The Morgan fingerprint density at radius 1 is 1.47 bits per heavy atom. The van der Waals surface area contributed by atoms with Crippen LogP contribution in [0.15, 0.2) is 16.6 Å². The standard InChI is InChI=1S/C13H17BrN2O3/c1-9-6-11(10(14)7-12(9)16(18)19)15-8-13(17)4-2-3-5-13/h6-7,15,17H,2-5,8H2,1H3. The van der Waals surface area contributed by atoms with Crippen LogP contribution in [0.1, 0.15) is 31.2 Å². The van der Waals surface area contributed by atoms with E-state index >= 15 is 0 Å². The maximum atomic E-state index is 10.8. The summed E-state index contributed by atoms with van der Waals surface area (Å²) in [5.74, 6) is 0.